The van der Waals surface area contributed by atoms with Crippen molar-refractivity contribution in [2.24, 2.45) is 5.92 Å². The van der Waals surface area contributed by atoms with Crippen molar-refractivity contribution in [3.8, 4) is 0 Å². The van der Waals surface area contributed by atoms with Gasteiger partial charge in [-0.1, -0.05) is 19.9 Å². The average molecular weight is 294 g/mol. The van der Waals surface area contributed by atoms with E-state index in [1.54, 1.807) is 0 Å². The lowest BCUT2D eigenvalue weighted by Crippen LogP contribution is -2.67. The Morgan fingerprint density at radius 2 is 2.10 bits per heavy atom. The monoisotopic (exact) mass is 294 g/mol. The van der Waals surface area contributed by atoms with Gasteiger partial charge in [0.2, 0.25) is 5.91 Å². The first-order valence-corrected chi connectivity index (χ1v) is 6.86. The summed E-state index contributed by atoms with van der Waals surface area (Å²) in [5.41, 5.74) is -0.660. The number of nitrogens with one attached hydrogen (secondary N) is 1. The van der Waals surface area contributed by atoms with Crippen molar-refractivity contribution >= 4 is 11.8 Å². The number of hydrogen-bond acceptors (Lipinski definition) is 3. The number of rotatable bonds is 4. The fourth-order valence-electron chi connectivity index (χ4n) is 2.16. The number of aliphatic hydroxyl groups is 1. The topological polar surface area (TPSA) is 69.6 Å². The van der Waals surface area contributed by atoms with Gasteiger partial charge in [-0.25, -0.2) is 4.39 Å². The standard InChI is InChI=1S/C15H19FN2O3/c1-10(2)15(21)8-18(9-15)13(19)7-17-14(20)11-4-3-5-12(16)6-11/h3-6,10,21H,7-9H2,1-2H3,(H,17,20). The first kappa shape index (κ1) is 15.4. The second-order valence-electron chi connectivity index (χ2n) is 5.70. The largest absolute Gasteiger partial charge is 0.386 e. The van der Waals surface area contributed by atoms with Gasteiger partial charge in [-0.3, -0.25) is 9.59 Å². The van der Waals surface area contributed by atoms with Crippen molar-refractivity contribution in [3.63, 3.8) is 0 Å². The molecular weight excluding hydrogens is 275 g/mol. The predicted molar refractivity (Wildman–Crippen MR) is 75.1 cm³/mol. The maximum atomic E-state index is 13.0. The Balaban J connectivity index is 1.82. The van der Waals surface area contributed by atoms with Crippen LogP contribution in [0.15, 0.2) is 24.3 Å². The SMILES string of the molecule is CC(C)C1(O)CN(C(=O)CNC(=O)c2cccc(F)c2)C1. The summed E-state index contributed by atoms with van der Waals surface area (Å²) in [6.07, 6.45) is 0. The summed E-state index contributed by atoms with van der Waals surface area (Å²) >= 11 is 0. The van der Waals surface area contributed by atoms with E-state index in [-0.39, 0.29) is 37.0 Å². The van der Waals surface area contributed by atoms with Gasteiger partial charge in [0, 0.05) is 5.56 Å². The van der Waals surface area contributed by atoms with Crippen LogP contribution in [0, 0.1) is 11.7 Å². The molecule has 5 nitrogen and oxygen atoms in total. The Labute approximate surface area is 122 Å². The molecule has 1 aliphatic rings. The number of halogens is 1. The quantitative estimate of drug-likeness (QED) is 0.862. The fourth-order valence-corrected chi connectivity index (χ4v) is 2.16. The smallest absolute Gasteiger partial charge is 0.251 e. The molecule has 1 aliphatic heterocycles. The van der Waals surface area contributed by atoms with Crippen molar-refractivity contribution < 1.29 is 19.1 Å². The first-order valence-electron chi connectivity index (χ1n) is 6.86. The Kier molecular flexibility index (Phi) is 4.27. The zero-order chi connectivity index (χ0) is 15.6. The van der Waals surface area contributed by atoms with Gasteiger partial charge in [0.15, 0.2) is 0 Å². The Morgan fingerprint density at radius 3 is 2.67 bits per heavy atom. The summed E-state index contributed by atoms with van der Waals surface area (Å²) in [6.45, 7) is 4.18. The van der Waals surface area contributed by atoms with Gasteiger partial charge in [-0.15, -0.1) is 0 Å². The molecule has 1 aromatic carbocycles. The van der Waals surface area contributed by atoms with Crippen LogP contribution in [0.5, 0.6) is 0 Å². The van der Waals surface area contributed by atoms with E-state index in [1.165, 1.54) is 23.1 Å². The van der Waals surface area contributed by atoms with Gasteiger partial charge in [-0.2, -0.15) is 0 Å². The lowest BCUT2D eigenvalue weighted by atomic mass is 9.83. The van der Waals surface area contributed by atoms with E-state index in [0.29, 0.717) is 0 Å². The number of nitrogens with zero attached hydrogens (tertiary/aromatic N) is 1. The van der Waals surface area contributed by atoms with Gasteiger partial charge in [0.1, 0.15) is 11.4 Å². The van der Waals surface area contributed by atoms with Gasteiger partial charge < -0.3 is 15.3 Å². The summed E-state index contributed by atoms with van der Waals surface area (Å²) in [7, 11) is 0. The molecule has 1 aromatic rings. The van der Waals surface area contributed by atoms with Crippen LogP contribution in [-0.2, 0) is 4.79 Å². The molecule has 1 saturated heterocycles. The maximum Gasteiger partial charge on any atom is 0.251 e. The highest BCUT2D eigenvalue weighted by Crippen LogP contribution is 2.28. The summed E-state index contributed by atoms with van der Waals surface area (Å²) in [6, 6.07) is 5.27. The van der Waals surface area contributed by atoms with Gasteiger partial charge in [0.05, 0.1) is 19.6 Å². The molecule has 0 aliphatic carbocycles. The summed E-state index contributed by atoms with van der Waals surface area (Å²) in [5.74, 6) is -1.19. The molecule has 0 saturated carbocycles. The third kappa shape index (κ3) is 3.39. The normalized spacial score (nSPS) is 16.5. The van der Waals surface area contributed by atoms with Crippen LogP contribution >= 0.6 is 0 Å². The van der Waals surface area contributed by atoms with E-state index in [2.05, 4.69) is 5.32 Å². The van der Waals surface area contributed by atoms with Crippen molar-refractivity contribution in [2.45, 2.75) is 19.4 Å². The van der Waals surface area contributed by atoms with Gasteiger partial charge >= 0.3 is 0 Å². The average Bonchev–Trinajstić information content (AvgIpc) is 2.40. The zero-order valence-corrected chi connectivity index (χ0v) is 12.1. The van der Waals surface area contributed by atoms with Crippen molar-refractivity contribution in [1.29, 1.82) is 0 Å². The minimum absolute atomic E-state index is 0.0726. The Hall–Kier alpha value is -1.95. The minimum Gasteiger partial charge on any atom is -0.386 e. The minimum atomic E-state index is -0.831. The molecule has 2 N–H and O–H groups in total. The molecule has 0 aromatic heterocycles. The maximum absolute atomic E-state index is 13.0. The number of β-amino-alcohol motifs (C(OH)–C–C–N with tert-alkyl or cyclic N) is 1. The van der Waals surface area contributed by atoms with E-state index in [0.717, 1.165) is 6.07 Å². The highest BCUT2D eigenvalue weighted by atomic mass is 19.1. The first-order chi connectivity index (χ1) is 9.82. The lowest BCUT2D eigenvalue weighted by molar-refractivity contribution is -0.162. The molecule has 21 heavy (non-hydrogen) atoms. The molecule has 114 valence electrons. The van der Waals surface area contributed by atoms with Crippen LogP contribution < -0.4 is 5.32 Å². The number of hydrogen-bond donors (Lipinski definition) is 2. The third-order valence-corrected chi connectivity index (χ3v) is 3.84. The van der Waals surface area contributed by atoms with Crippen molar-refractivity contribution in [1.82, 2.24) is 10.2 Å². The van der Waals surface area contributed by atoms with Gasteiger partial charge in [0.25, 0.3) is 5.91 Å². The number of likely N-dealkylation sites (tertiary alicyclic amines) is 1. The van der Waals surface area contributed by atoms with Gasteiger partial charge in [-0.05, 0) is 24.1 Å². The predicted octanol–water partition coefficient (Wildman–Crippen LogP) is 0.785. The highest BCUT2D eigenvalue weighted by Gasteiger charge is 2.45. The van der Waals surface area contributed by atoms with Crippen LogP contribution in [0.2, 0.25) is 0 Å². The Morgan fingerprint density at radius 1 is 1.43 bits per heavy atom. The Bertz CT molecular complexity index is 554. The van der Waals surface area contributed by atoms with Crippen molar-refractivity contribution in [2.75, 3.05) is 19.6 Å². The summed E-state index contributed by atoms with van der Waals surface area (Å²) in [4.78, 5) is 25.1. The molecule has 2 rings (SSSR count). The van der Waals surface area contributed by atoms with Crippen molar-refractivity contribution in [3.05, 3.63) is 35.6 Å². The zero-order valence-electron chi connectivity index (χ0n) is 12.1. The van der Waals surface area contributed by atoms with Crippen LogP contribution in [0.25, 0.3) is 0 Å². The molecule has 0 spiro atoms. The van der Waals surface area contributed by atoms with Crippen LogP contribution in [-0.4, -0.2) is 47.1 Å². The third-order valence-electron chi connectivity index (χ3n) is 3.84. The second-order valence-corrected chi connectivity index (χ2v) is 5.70. The molecule has 1 fully saturated rings. The number of benzene rings is 1. The molecule has 0 unspecified atom stereocenters. The van der Waals surface area contributed by atoms with E-state index in [9.17, 15) is 19.1 Å². The molecule has 0 bridgehead atoms. The van der Waals surface area contributed by atoms with E-state index in [1.807, 2.05) is 13.8 Å². The second kappa shape index (κ2) is 5.81. The van der Waals surface area contributed by atoms with Crippen LogP contribution in [0.4, 0.5) is 4.39 Å². The van der Waals surface area contributed by atoms with Crippen LogP contribution in [0.1, 0.15) is 24.2 Å². The molecule has 1 heterocycles. The van der Waals surface area contributed by atoms with Crippen LogP contribution in [0.3, 0.4) is 0 Å². The fraction of sp³-hybridized carbons (Fsp3) is 0.467. The molecule has 0 radical (unpaired) electrons. The van der Waals surface area contributed by atoms with E-state index in [4.69, 9.17) is 0 Å². The molecule has 2 amide bonds. The number of carbonyl (C=O) groups excluding carboxylic acids is 2. The van der Waals surface area contributed by atoms with E-state index >= 15 is 0 Å². The molecule has 0 atom stereocenters. The summed E-state index contributed by atoms with van der Waals surface area (Å²) in [5, 5.41) is 12.5. The molecular formula is C15H19FN2O3. The lowest BCUT2D eigenvalue weighted by Gasteiger charge is -2.49. The highest BCUT2D eigenvalue weighted by molar-refractivity contribution is 5.96. The van der Waals surface area contributed by atoms with E-state index < -0.39 is 17.3 Å². The molecule has 6 heteroatoms. The number of amides is 2. The summed E-state index contributed by atoms with van der Waals surface area (Å²) < 4.78 is 13.0. The number of carbonyl (C=O) groups is 2.